The van der Waals surface area contributed by atoms with E-state index in [-0.39, 0.29) is 17.9 Å². The van der Waals surface area contributed by atoms with Gasteiger partial charge < -0.3 is 19.9 Å². The second-order valence-corrected chi connectivity index (χ2v) is 6.96. The maximum Gasteiger partial charge on any atom is 0.319 e. The van der Waals surface area contributed by atoms with Gasteiger partial charge in [0.15, 0.2) is 0 Å². The Labute approximate surface area is 146 Å². The van der Waals surface area contributed by atoms with Gasteiger partial charge in [0.25, 0.3) is 0 Å². The lowest BCUT2D eigenvalue weighted by molar-refractivity contribution is -0.121. The summed E-state index contributed by atoms with van der Waals surface area (Å²) in [5.41, 5.74) is 0. The fourth-order valence-electron chi connectivity index (χ4n) is 2.56. The molecule has 8 nitrogen and oxygen atoms in total. The third-order valence-electron chi connectivity index (χ3n) is 3.81. The minimum absolute atomic E-state index is 0.0541. The van der Waals surface area contributed by atoms with Gasteiger partial charge in [0, 0.05) is 40.2 Å². The van der Waals surface area contributed by atoms with Crippen molar-refractivity contribution in [2.75, 3.05) is 45.7 Å². The number of urea groups is 1. The average Bonchev–Trinajstić information content (AvgIpc) is 3.01. The molecule has 0 unspecified atom stereocenters. The van der Waals surface area contributed by atoms with Gasteiger partial charge in [-0.05, 0) is 19.8 Å². The van der Waals surface area contributed by atoms with Crippen molar-refractivity contribution in [3.05, 3.63) is 5.01 Å². The number of hydrogen-bond acceptors (Lipinski definition) is 6. The highest BCUT2D eigenvalue weighted by atomic mass is 32.1. The van der Waals surface area contributed by atoms with Crippen molar-refractivity contribution in [3.63, 3.8) is 0 Å². The van der Waals surface area contributed by atoms with Gasteiger partial charge in [0.1, 0.15) is 5.01 Å². The van der Waals surface area contributed by atoms with Gasteiger partial charge in [-0.25, -0.2) is 4.79 Å². The third kappa shape index (κ3) is 5.13. The predicted octanol–water partition coefficient (Wildman–Crippen LogP) is 1.45. The molecule has 3 amide bonds. The molecular weight excluding hydrogens is 330 g/mol. The van der Waals surface area contributed by atoms with Crippen LogP contribution < -0.4 is 5.32 Å². The minimum atomic E-state index is -0.210. The Hall–Kier alpha value is -1.74. The van der Waals surface area contributed by atoms with Crippen LogP contribution in [-0.4, -0.2) is 72.3 Å². The molecule has 1 saturated heterocycles. The first-order valence-electron chi connectivity index (χ1n) is 8.18. The summed E-state index contributed by atoms with van der Waals surface area (Å²) in [6.45, 7) is 4.36. The minimum Gasteiger partial charge on any atom is -0.381 e. The second-order valence-electron chi connectivity index (χ2n) is 5.90. The Morgan fingerprint density at radius 2 is 2.21 bits per heavy atom. The summed E-state index contributed by atoms with van der Waals surface area (Å²) in [4.78, 5) is 27.7. The summed E-state index contributed by atoms with van der Waals surface area (Å²) in [5.74, 6) is -0.308. The van der Waals surface area contributed by atoms with E-state index in [2.05, 4.69) is 15.5 Å². The van der Waals surface area contributed by atoms with E-state index in [4.69, 9.17) is 4.74 Å². The van der Waals surface area contributed by atoms with Crippen LogP contribution in [-0.2, 0) is 16.0 Å². The zero-order valence-corrected chi connectivity index (χ0v) is 15.3. The molecule has 2 heterocycles. The second kappa shape index (κ2) is 8.93. The van der Waals surface area contributed by atoms with Crippen LogP contribution in [0.4, 0.5) is 9.93 Å². The van der Waals surface area contributed by atoms with Crippen LogP contribution in [0.2, 0.25) is 0 Å². The van der Waals surface area contributed by atoms with Crippen molar-refractivity contribution in [1.82, 2.24) is 20.0 Å². The number of piperidine rings is 1. The summed E-state index contributed by atoms with van der Waals surface area (Å²) < 4.78 is 5.29. The molecular formula is C15H25N5O3S. The highest BCUT2D eigenvalue weighted by Crippen LogP contribution is 2.21. The van der Waals surface area contributed by atoms with Gasteiger partial charge >= 0.3 is 6.03 Å². The van der Waals surface area contributed by atoms with E-state index in [1.807, 2.05) is 6.92 Å². The lowest BCUT2D eigenvalue weighted by atomic mass is 9.97. The van der Waals surface area contributed by atoms with Gasteiger partial charge in [-0.3, -0.25) is 4.79 Å². The van der Waals surface area contributed by atoms with E-state index in [1.54, 1.807) is 19.0 Å². The van der Waals surface area contributed by atoms with Crippen molar-refractivity contribution in [2.45, 2.75) is 26.2 Å². The molecule has 0 radical (unpaired) electrons. The quantitative estimate of drug-likeness (QED) is 0.781. The van der Waals surface area contributed by atoms with E-state index in [0.29, 0.717) is 37.9 Å². The number of nitrogens with one attached hydrogen (secondary N) is 1. The van der Waals surface area contributed by atoms with Crippen LogP contribution in [0, 0.1) is 5.92 Å². The Morgan fingerprint density at radius 3 is 2.92 bits per heavy atom. The smallest absolute Gasteiger partial charge is 0.319 e. The SMILES string of the molecule is CCOCCc1nnc(NC(=O)[C@@H]2CCCN(C(=O)N(C)C)C2)s1. The molecule has 1 aliphatic heterocycles. The number of rotatable bonds is 6. The average molecular weight is 355 g/mol. The molecule has 0 aliphatic carbocycles. The lowest BCUT2D eigenvalue weighted by Crippen LogP contribution is -2.47. The summed E-state index contributed by atoms with van der Waals surface area (Å²) in [7, 11) is 3.44. The molecule has 24 heavy (non-hydrogen) atoms. The number of likely N-dealkylation sites (tertiary alicyclic amines) is 1. The Bertz CT molecular complexity index is 563. The number of ether oxygens (including phenoxy) is 1. The summed E-state index contributed by atoms with van der Waals surface area (Å²) in [6, 6.07) is -0.0541. The van der Waals surface area contributed by atoms with Gasteiger partial charge in [-0.15, -0.1) is 10.2 Å². The molecule has 0 aromatic carbocycles. The zero-order valence-electron chi connectivity index (χ0n) is 14.4. The van der Waals surface area contributed by atoms with Crippen LogP contribution in [0.15, 0.2) is 0 Å². The lowest BCUT2D eigenvalue weighted by Gasteiger charge is -2.33. The van der Waals surface area contributed by atoms with Crippen LogP contribution in [0.5, 0.6) is 0 Å². The zero-order chi connectivity index (χ0) is 17.5. The van der Waals surface area contributed by atoms with E-state index >= 15 is 0 Å². The number of carbonyl (C=O) groups excluding carboxylic acids is 2. The molecule has 0 spiro atoms. The Kier molecular flexibility index (Phi) is 6.92. The maximum atomic E-state index is 12.4. The molecule has 1 aliphatic rings. The van der Waals surface area contributed by atoms with Crippen molar-refractivity contribution in [2.24, 2.45) is 5.92 Å². The molecule has 134 valence electrons. The van der Waals surface area contributed by atoms with Gasteiger partial charge in [-0.2, -0.15) is 0 Å². The monoisotopic (exact) mass is 355 g/mol. The third-order valence-corrected chi connectivity index (χ3v) is 4.71. The highest BCUT2D eigenvalue weighted by Gasteiger charge is 2.29. The van der Waals surface area contributed by atoms with E-state index in [9.17, 15) is 9.59 Å². The van der Waals surface area contributed by atoms with Crippen LogP contribution in [0.25, 0.3) is 0 Å². The molecule has 0 bridgehead atoms. The van der Waals surface area contributed by atoms with E-state index in [1.165, 1.54) is 16.2 Å². The number of amides is 3. The number of aromatic nitrogens is 2. The topological polar surface area (TPSA) is 87.7 Å². The number of anilines is 1. The summed E-state index contributed by atoms with van der Waals surface area (Å²) in [6.07, 6.45) is 2.29. The van der Waals surface area contributed by atoms with Gasteiger partial charge in [-0.1, -0.05) is 11.3 Å². The first-order chi connectivity index (χ1) is 11.5. The van der Waals surface area contributed by atoms with Crippen molar-refractivity contribution in [1.29, 1.82) is 0 Å². The summed E-state index contributed by atoms with van der Waals surface area (Å²) >= 11 is 1.36. The molecule has 1 atom stereocenters. The van der Waals surface area contributed by atoms with Crippen molar-refractivity contribution < 1.29 is 14.3 Å². The fourth-order valence-corrected chi connectivity index (χ4v) is 3.29. The van der Waals surface area contributed by atoms with E-state index in [0.717, 1.165) is 17.8 Å². The standard InChI is InChI=1S/C15H25N5O3S/c1-4-23-9-7-12-17-18-14(24-12)16-13(21)11-6-5-8-20(10-11)15(22)19(2)3/h11H,4-10H2,1-3H3,(H,16,18,21)/t11-/m1/s1. The molecule has 1 aromatic rings. The van der Waals surface area contributed by atoms with E-state index < -0.39 is 0 Å². The number of carbonyl (C=O) groups is 2. The highest BCUT2D eigenvalue weighted by molar-refractivity contribution is 7.15. The molecule has 0 saturated carbocycles. The van der Waals surface area contributed by atoms with Crippen LogP contribution in [0.3, 0.4) is 0 Å². The number of nitrogens with zero attached hydrogens (tertiary/aromatic N) is 4. The van der Waals surface area contributed by atoms with Crippen molar-refractivity contribution >= 4 is 28.4 Å². The van der Waals surface area contributed by atoms with Crippen molar-refractivity contribution in [3.8, 4) is 0 Å². The van der Waals surface area contributed by atoms with Gasteiger partial charge in [0.05, 0.1) is 12.5 Å². The fraction of sp³-hybridized carbons (Fsp3) is 0.733. The number of hydrogen-bond donors (Lipinski definition) is 1. The first kappa shape index (κ1) is 18.6. The van der Waals surface area contributed by atoms with Crippen LogP contribution >= 0.6 is 11.3 Å². The molecule has 9 heteroatoms. The van der Waals surface area contributed by atoms with Gasteiger partial charge in [0.2, 0.25) is 11.0 Å². The maximum absolute atomic E-state index is 12.4. The molecule has 1 N–H and O–H groups in total. The normalized spacial score (nSPS) is 17.6. The largest absolute Gasteiger partial charge is 0.381 e. The Morgan fingerprint density at radius 1 is 1.42 bits per heavy atom. The van der Waals surface area contributed by atoms with Crippen LogP contribution in [0.1, 0.15) is 24.8 Å². The molecule has 1 aromatic heterocycles. The molecule has 2 rings (SSSR count). The predicted molar refractivity (Wildman–Crippen MR) is 92.1 cm³/mol. The summed E-state index contributed by atoms with van der Waals surface area (Å²) in [5, 5.41) is 12.2. The first-order valence-corrected chi connectivity index (χ1v) is 9.00. The Balaban J connectivity index is 1.86. The molecule has 1 fully saturated rings.